The first-order valence-corrected chi connectivity index (χ1v) is 12.8. The van der Waals surface area contributed by atoms with E-state index in [0.29, 0.717) is 0 Å². The first kappa shape index (κ1) is 22.2. The van der Waals surface area contributed by atoms with Gasteiger partial charge >= 0.3 is 7.12 Å². The Morgan fingerprint density at radius 1 is 0.639 bits per heavy atom. The van der Waals surface area contributed by atoms with Gasteiger partial charge in [-0.05, 0) is 56.5 Å². The molecule has 178 valence electrons. The number of ether oxygens (including phenoxy) is 1. The lowest BCUT2D eigenvalue weighted by atomic mass is 9.64. The van der Waals surface area contributed by atoms with Crippen molar-refractivity contribution < 1.29 is 14.0 Å². The maximum Gasteiger partial charge on any atom is 0.498 e. The SMILES string of the molecule is CC1(C)OB(c2cccc3c2Oc2ccccc2C32c3ccccc3-c3c(Cl)cccc32)OC1(C)C. The lowest BCUT2D eigenvalue weighted by Gasteiger charge is -2.40. The molecule has 0 aromatic heterocycles. The molecule has 1 saturated heterocycles. The van der Waals surface area contributed by atoms with Gasteiger partial charge in [-0.1, -0.05) is 84.4 Å². The summed E-state index contributed by atoms with van der Waals surface area (Å²) in [7, 11) is -0.539. The maximum atomic E-state index is 6.88. The fourth-order valence-electron chi connectivity index (χ4n) is 6.10. The van der Waals surface area contributed by atoms with Crippen LogP contribution in [-0.4, -0.2) is 18.3 Å². The van der Waals surface area contributed by atoms with Crippen molar-refractivity contribution in [1.82, 2.24) is 0 Å². The van der Waals surface area contributed by atoms with E-state index in [2.05, 4.69) is 88.4 Å². The Kier molecular flexibility index (Phi) is 4.47. The van der Waals surface area contributed by atoms with Crippen molar-refractivity contribution in [1.29, 1.82) is 0 Å². The first-order valence-electron chi connectivity index (χ1n) is 12.4. The molecule has 0 N–H and O–H groups in total. The average Bonchev–Trinajstić information content (AvgIpc) is 3.27. The van der Waals surface area contributed by atoms with Crippen LogP contribution < -0.4 is 10.2 Å². The summed E-state index contributed by atoms with van der Waals surface area (Å²) in [6.07, 6.45) is 0. The summed E-state index contributed by atoms with van der Waals surface area (Å²) in [6.45, 7) is 8.30. The quantitative estimate of drug-likeness (QED) is 0.229. The van der Waals surface area contributed by atoms with Crippen LogP contribution >= 0.6 is 11.6 Å². The molecular weight excluding hydrogens is 467 g/mol. The predicted octanol–water partition coefficient (Wildman–Crippen LogP) is 7.11. The molecule has 2 heterocycles. The van der Waals surface area contributed by atoms with Crippen molar-refractivity contribution in [2.45, 2.75) is 44.3 Å². The van der Waals surface area contributed by atoms with Crippen LogP contribution in [0.3, 0.4) is 0 Å². The highest BCUT2D eigenvalue weighted by Gasteiger charge is 2.56. The van der Waals surface area contributed by atoms with Gasteiger partial charge in [0.2, 0.25) is 0 Å². The molecule has 1 fully saturated rings. The summed E-state index contributed by atoms with van der Waals surface area (Å²) in [5.74, 6) is 1.62. The van der Waals surface area contributed by atoms with Crippen molar-refractivity contribution in [2.75, 3.05) is 0 Å². The molecule has 0 bridgehead atoms. The van der Waals surface area contributed by atoms with Crippen LogP contribution in [0.4, 0.5) is 0 Å². The minimum atomic E-state index is -0.569. The van der Waals surface area contributed by atoms with Crippen LogP contribution in [0.15, 0.2) is 84.9 Å². The Hall–Kier alpha value is -3.05. The molecule has 4 aromatic carbocycles. The van der Waals surface area contributed by atoms with Gasteiger partial charge in [-0.3, -0.25) is 0 Å². The number of para-hydroxylation sites is 2. The zero-order valence-electron chi connectivity index (χ0n) is 20.8. The third kappa shape index (κ3) is 2.67. The van der Waals surface area contributed by atoms with E-state index >= 15 is 0 Å². The first-order chi connectivity index (χ1) is 17.3. The Bertz CT molecular complexity index is 1540. The van der Waals surface area contributed by atoms with Crippen LogP contribution in [0.5, 0.6) is 11.5 Å². The lowest BCUT2D eigenvalue weighted by Crippen LogP contribution is -2.41. The van der Waals surface area contributed by atoms with Crippen molar-refractivity contribution in [3.63, 3.8) is 0 Å². The van der Waals surface area contributed by atoms with E-state index in [-0.39, 0.29) is 0 Å². The zero-order valence-corrected chi connectivity index (χ0v) is 21.5. The van der Waals surface area contributed by atoms with Gasteiger partial charge in [0.1, 0.15) is 11.5 Å². The van der Waals surface area contributed by atoms with Crippen molar-refractivity contribution in [3.8, 4) is 22.6 Å². The monoisotopic (exact) mass is 492 g/mol. The third-order valence-corrected chi connectivity index (χ3v) is 8.79. The van der Waals surface area contributed by atoms with Crippen molar-refractivity contribution >= 4 is 24.2 Å². The molecule has 0 radical (unpaired) electrons. The topological polar surface area (TPSA) is 27.7 Å². The number of rotatable bonds is 1. The lowest BCUT2D eigenvalue weighted by molar-refractivity contribution is 0.00578. The Balaban J connectivity index is 1.57. The van der Waals surface area contributed by atoms with E-state index in [9.17, 15) is 0 Å². The van der Waals surface area contributed by atoms with Crippen LogP contribution in [0.25, 0.3) is 11.1 Å². The second-order valence-electron chi connectivity index (χ2n) is 10.9. The Morgan fingerprint density at radius 3 is 2.03 bits per heavy atom. The summed E-state index contributed by atoms with van der Waals surface area (Å²) in [5, 5.41) is 0.754. The smallest absolute Gasteiger partial charge is 0.457 e. The Labute approximate surface area is 217 Å². The standard InChI is InChI=1S/C31H26BClO3/c1-29(2)30(3,4)36-32(35-29)24-16-9-15-23-28(24)34-26-18-8-7-13-21(26)31(23)20-12-6-5-11-19(20)27-22(31)14-10-17-25(27)33/h5-18H,1-4H3. The van der Waals surface area contributed by atoms with Crippen LogP contribution in [0, 0.1) is 0 Å². The number of hydrogen-bond donors (Lipinski definition) is 0. The summed E-state index contributed by atoms with van der Waals surface area (Å²) >= 11 is 6.88. The van der Waals surface area contributed by atoms with E-state index in [1.807, 2.05) is 24.3 Å². The highest BCUT2D eigenvalue weighted by molar-refractivity contribution is 6.63. The highest BCUT2D eigenvalue weighted by Crippen LogP contribution is 2.62. The zero-order chi connectivity index (χ0) is 24.9. The molecule has 0 amide bonds. The minimum Gasteiger partial charge on any atom is -0.457 e. The fourth-order valence-corrected chi connectivity index (χ4v) is 6.38. The van der Waals surface area contributed by atoms with E-state index in [1.165, 1.54) is 11.1 Å². The number of hydrogen-bond acceptors (Lipinski definition) is 3. The molecule has 5 heteroatoms. The van der Waals surface area contributed by atoms with Crippen LogP contribution in [-0.2, 0) is 14.7 Å². The molecule has 2 aliphatic heterocycles. The molecule has 1 atom stereocenters. The molecular formula is C31H26BClO3. The van der Waals surface area contributed by atoms with Gasteiger partial charge in [-0.2, -0.15) is 0 Å². The molecule has 1 unspecified atom stereocenters. The van der Waals surface area contributed by atoms with E-state index < -0.39 is 23.7 Å². The molecule has 4 aromatic rings. The van der Waals surface area contributed by atoms with Gasteiger partial charge < -0.3 is 14.0 Å². The molecule has 36 heavy (non-hydrogen) atoms. The molecule has 3 aliphatic rings. The largest absolute Gasteiger partial charge is 0.498 e. The molecule has 3 nitrogen and oxygen atoms in total. The maximum absolute atomic E-state index is 6.88. The van der Waals surface area contributed by atoms with Gasteiger partial charge in [-0.25, -0.2) is 0 Å². The van der Waals surface area contributed by atoms with E-state index in [1.54, 1.807) is 0 Å². The van der Waals surface area contributed by atoms with Crippen LogP contribution in [0.2, 0.25) is 5.02 Å². The normalized spacial score (nSPS) is 22.0. The van der Waals surface area contributed by atoms with Gasteiger partial charge in [0.05, 0.1) is 16.6 Å². The molecule has 1 aliphatic carbocycles. The second-order valence-corrected chi connectivity index (χ2v) is 11.3. The summed E-state index contributed by atoms with van der Waals surface area (Å²) in [5.41, 5.74) is 6.21. The number of benzene rings is 4. The fraction of sp³-hybridized carbons (Fsp3) is 0.226. The third-order valence-electron chi connectivity index (χ3n) is 8.48. The highest BCUT2D eigenvalue weighted by atomic mass is 35.5. The van der Waals surface area contributed by atoms with Crippen molar-refractivity contribution in [3.05, 3.63) is 112 Å². The summed E-state index contributed by atoms with van der Waals surface area (Å²) in [6, 6.07) is 29.4. The minimum absolute atomic E-state index is 0.454. The van der Waals surface area contributed by atoms with Crippen molar-refractivity contribution in [2.24, 2.45) is 0 Å². The Morgan fingerprint density at radius 2 is 1.25 bits per heavy atom. The molecule has 7 rings (SSSR count). The number of halogens is 1. The van der Waals surface area contributed by atoms with Gasteiger partial charge in [0.25, 0.3) is 0 Å². The summed E-state index contributed by atoms with van der Waals surface area (Å²) < 4.78 is 19.7. The predicted molar refractivity (Wildman–Crippen MR) is 145 cm³/mol. The van der Waals surface area contributed by atoms with E-state index in [0.717, 1.165) is 44.2 Å². The molecule has 1 spiro atoms. The van der Waals surface area contributed by atoms with Gasteiger partial charge in [-0.15, -0.1) is 0 Å². The number of fused-ring (bicyclic) bond motifs is 9. The average molecular weight is 493 g/mol. The van der Waals surface area contributed by atoms with E-state index in [4.69, 9.17) is 25.6 Å². The van der Waals surface area contributed by atoms with Crippen LogP contribution in [0.1, 0.15) is 49.9 Å². The van der Waals surface area contributed by atoms with Gasteiger partial charge in [0.15, 0.2) is 0 Å². The second kappa shape index (κ2) is 7.26. The molecule has 0 saturated carbocycles. The van der Waals surface area contributed by atoms with Gasteiger partial charge in [0, 0.05) is 27.2 Å². The summed E-state index contributed by atoms with van der Waals surface area (Å²) in [4.78, 5) is 0.